The third-order valence-electron chi connectivity index (χ3n) is 5.00. The van der Waals surface area contributed by atoms with Crippen LogP contribution in [-0.2, 0) is 11.3 Å². The Balaban J connectivity index is 1.72. The van der Waals surface area contributed by atoms with Gasteiger partial charge in [0, 0.05) is 24.9 Å². The smallest absolute Gasteiger partial charge is 0.376 e. The topological polar surface area (TPSA) is 102 Å². The normalized spacial score (nSPS) is 11.5. The fraction of sp³-hybridized carbons (Fsp3) is 0.115. The van der Waals surface area contributed by atoms with E-state index in [4.69, 9.17) is 4.52 Å². The summed E-state index contributed by atoms with van der Waals surface area (Å²) < 4.78 is 9.69. The molecule has 0 bridgehead atoms. The number of hydrogen-bond acceptors (Lipinski definition) is 7. The number of ether oxygens (including phenoxy) is 1. The van der Waals surface area contributed by atoms with Gasteiger partial charge in [0.05, 0.1) is 31.3 Å². The van der Waals surface area contributed by atoms with Crippen molar-refractivity contribution < 1.29 is 14.1 Å². The first kappa shape index (κ1) is 22.6. The van der Waals surface area contributed by atoms with Crippen LogP contribution in [0.25, 0.3) is 11.1 Å². The maximum Gasteiger partial charge on any atom is 0.376 e. The number of nitrogens with one attached hydrogen (secondary N) is 1. The van der Waals surface area contributed by atoms with Crippen molar-refractivity contribution in [2.75, 3.05) is 14.2 Å². The van der Waals surface area contributed by atoms with Gasteiger partial charge in [-0.1, -0.05) is 53.7 Å². The fourth-order valence-corrected chi connectivity index (χ4v) is 3.39. The second kappa shape index (κ2) is 10.8. The van der Waals surface area contributed by atoms with Crippen molar-refractivity contribution in [2.24, 2.45) is 9.98 Å². The van der Waals surface area contributed by atoms with Gasteiger partial charge in [-0.3, -0.25) is 15.0 Å². The highest BCUT2D eigenvalue weighted by atomic mass is 16.5. The molecule has 34 heavy (non-hydrogen) atoms. The number of nitrogens with zero attached hydrogens (tertiary/aromatic N) is 4. The van der Waals surface area contributed by atoms with Gasteiger partial charge in [-0.2, -0.15) is 0 Å². The van der Waals surface area contributed by atoms with Gasteiger partial charge in [-0.05, 0) is 29.3 Å². The molecule has 0 saturated heterocycles. The summed E-state index contributed by atoms with van der Waals surface area (Å²) >= 11 is 0. The van der Waals surface area contributed by atoms with Crippen LogP contribution in [-0.4, -0.2) is 42.3 Å². The molecule has 0 aliphatic carbocycles. The Morgan fingerprint density at radius 2 is 1.91 bits per heavy atom. The summed E-state index contributed by atoms with van der Waals surface area (Å²) in [6.45, 7) is 0.506. The van der Waals surface area contributed by atoms with Crippen molar-refractivity contribution in [3.8, 4) is 11.1 Å². The molecular formula is C26H23N5O3. The highest BCUT2D eigenvalue weighted by molar-refractivity contribution is 6.09. The van der Waals surface area contributed by atoms with Crippen LogP contribution in [0.5, 0.6) is 0 Å². The predicted molar refractivity (Wildman–Crippen MR) is 131 cm³/mol. The van der Waals surface area contributed by atoms with E-state index in [2.05, 4.69) is 30.2 Å². The molecule has 0 unspecified atom stereocenters. The van der Waals surface area contributed by atoms with E-state index in [9.17, 15) is 4.79 Å². The highest BCUT2D eigenvalue weighted by Crippen LogP contribution is 2.31. The summed E-state index contributed by atoms with van der Waals surface area (Å²) in [6.07, 6.45) is 3.30. The van der Waals surface area contributed by atoms with Crippen LogP contribution in [0.15, 0.2) is 93.5 Å². The first-order valence-corrected chi connectivity index (χ1v) is 10.6. The number of amidine groups is 1. The van der Waals surface area contributed by atoms with E-state index in [1.54, 1.807) is 13.2 Å². The summed E-state index contributed by atoms with van der Waals surface area (Å²) in [4.78, 5) is 25.2. The molecule has 2 aromatic heterocycles. The molecule has 0 aliphatic heterocycles. The van der Waals surface area contributed by atoms with Crippen LogP contribution in [0, 0.1) is 0 Å². The molecule has 170 valence electrons. The zero-order chi connectivity index (χ0) is 23.8. The summed E-state index contributed by atoms with van der Waals surface area (Å²) in [5.41, 5.74) is 4.81. The molecule has 2 aromatic carbocycles. The molecule has 0 amide bonds. The zero-order valence-electron chi connectivity index (χ0n) is 18.8. The van der Waals surface area contributed by atoms with Crippen molar-refractivity contribution in [1.82, 2.24) is 15.5 Å². The predicted octanol–water partition coefficient (Wildman–Crippen LogP) is 4.44. The Kier molecular flexibility index (Phi) is 7.19. The van der Waals surface area contributed by atoms with E-state index in [0.717, 1.165) is 22.4 Å². The minimum Gasteiger partial charge on any atom is -0.463 e. The van der Waals surface area contributed by atoms with E-state index in [0.29, 0.717) is 23.8 Å². The van der Waals surface area contributed by atoms with Crippen molar-refractivity contribution in [1.29, 1.82) is 0 Å². The Hall–Kier alpha value is -4.59. The van der Waals surface area contributed by atoms with Crippen LogP contribution in [0.4, 0.5) is 5.69 Å². The van der Waals surface area contributed by atoms with Crippen molar-refractivity contribution in [2.45, 2.75) is 6.54 Å². The lowest BCUT2D eigenvalue weighted by Crippen LogP contribution is -2.25. The number of hydrogen-bond donors (Lipinski definition) is 1. The number of methoxy groups -OCH3 is 1. The summed E-state index contributed by atoms with van der Waals surface area (Å²) in [6, 6.07) is 23.2. The number of aromatic nitrogens is 2. The Bertz CT molecular complexity index is 1310. The maximum atomic E-state index is 11.6. The van der Waals surface area contributed by atoms with E-state index >= 15 is 0 Å². The molecule has 4 aromatic rings. The van der Waals surface area contributed by atoms with Crippen LogP contribution >= 0.6 is 0 Å². The number of carbonyl (C=O) groups is 1. The first-order valence-electron chi connectivity index (χ1n) is 10.6. The average Bonchev–Trinajstić information content (AvgIpc) is 3.38. The van der Waals surface area contributed by atoms with E-state index in [-0.39, 0.29) is 5.76 Å². The van der Waals surface area contributed by atoms with Crippen molar-refractivity contribution in [3.63, 3.8) is 0 Å². The van der Waals surface area contributed by atoms with Gasteiger partial charge in [0.2, 0.25) is 5.76 Å². The molecule has 0 spiro atoms. The second-order valence-corrected chi connectivity index (χ2v) is 7.18. The molecule has 8 heteroatoms. The Labute approximate surface area is 197 Å². The quantitative estimate of drug-likeness (QED) is 0.252. The van der Waals surface area contributed by atoms with Gasteiger partial charge in [0.15, 0.2) is 0 Å². The summed E-state index contributed by atoms with van der Waals surface area (Å²) in [7, 11) is 3.01. The Morgan fingerprint density at radius 3 is 2.65 bits per heavy atom. The van der Waals surface area contributed by atoms with E-state index in [1.807, 2.05) is 66.7 Å². The number of esters is 1. The highest BCUT2D eigenvalue weighted by Gasteiger charge is 2.16. The molecular weight excluding hydrogens is 430 g/mol. The molecule has 0 aliphatic rings. The number of pyridine rings is 1. The monoisotopic (exact) mass is 453 g/mol. The first-order chi connectivity index (χ1) is 16.7. The minimum atomic E-state index is -0.599. The van der Waals surface area contributed by atoms with Crippen molar-refractivity contribution in [3.05, 3.63) is 102 Å². The molecule has 8 nitrogen and oxygen atoms in total. The van der Waals surface area contributed by atoms with Crippen LogP contribution < -0.4 is 5.32 Å². The third kappa shape index (κ3) is 5.24. The van der Waals surface area contributed by atoms with Crippen LogP contribution in [0.3, 0.4) is 0 Å². The van der Waals surface area contributed by atoms with Gasteiger partial charge < -0.3 is 14.6 Å². The summed E-state index contributed by atoms with van der Waals surface area (Å²) in [5, 5.41) is 7.27. The summed E-state index contributed by atoms with van der Waals surface area (Å²) in [5.74, 6) is 0.0840. The van der Waals surface area contributed by atoms with Gasteiger partial charge in [0.1, 0.15) is 11.5 Å². The minimum absolute atomic E-state index is 0.00930. The van der Waals surface area contributed by atoms with Gasteiger partial charge in [0.25, 0.3) is 0 Å². The standard InChI is InChI=1S/C26H23N5O3/c1-27-25(30-16-19-11-6-7-14-28-19)24-21(18-9-4-3-5-10-18)12-8-13-22(24)29-17-20-15-23(34-31-20)26(32)33-2/h3-15,17H,16H2,1-2H3,(H,27,30)/b29-17+. The van der Waals surface area contributed by atoms with Gasteiger partial charge >= 0.3 is 5.97 Å². The molecule has 0 saturated carbocycles. The van der Waals surface area contributed by atoms with E-state index < -0.39 is 5.97 Å². The fourth-order valence-electron chi connectivity index (χ4n) is 3.39. The van der Waals surface area contributed by atoms with Gasteiger partial charge in [-0.15, -0.1) is 0 Å². The maximum absolute atomic E-state index is 11.6. The average molecular weight is 454 g/mol. The molecule has 0 atom stereocenters. The number of rotatable bonds is 7. The molecule has 0 fully saturated rings. The van der Waals surface area contributed by atoms with E-state index in [1.165, 1.54) is 19.4 Å². The molecule has 2 heterocycles. The lowest BCUT2D eigenvalue weighted by atomic mass is 9.97. The third-order valence-corrected chi connectivity index (χ3v) is 5.00. The number of aliphatic imine (C=N–C) groups is 2. The lowest BCUT2D eigenvalue weighted by molar-refractivity contribution is 0.0554. The number of carbonyl (C=O) groups excluding carboxylic acids is 1. The molecule has 1 N–H and O–H groups in total. The largest absolute Gasteiger partial charge is 0.463 e. The van der Waals surface area contributed by atoms with Gasteiger partial charge in [-0.25, -0.2) is 4.79 Å². The Morgan fingerprint density at radius 1 is 1.09 bits per heavy atom. The van der Waals surface area contributed by atoms with Crippen LogP contribution in [0.1, 0.15) is 27.5 Å². The number of benzene rings is 2. The van der Waals surface area contributed by atoms with Crippen LogP contribution in [0.2, 0.25) is 0 Å². The molecule has 0 radical (unpaired) electrons. The molecule has 4 rings (SSSR count). The lowest BCUT2D eigenvalue weighted by Gasteiger charge is -2.16. The SMILES string of the molecule is C/N=C(/NCc1ccccn1)c1c(/N=C/c2cc(C(=O)OC)on2)cccc1-c1ccccc1. The second-order valence-electron chi connectivity index (χ2n) is 7.18. The van der Waals surface area contributed by atoms with Crippen molar-refractivity contribution >= 4 is 23.7 Å². The zero-order valence-corrected chi connectivity index (χ0v) is 18.8.